The molecule has 0 bridgehead atoms. The Bertz CT molecular complexity index is 442. The number of amides is 1. The van der Waals surface area contributed by atoms with E-state index < -0.39 is 0 Å². The highest BCUT2D eigenvalue weighted by molar-refractivity contribution is 5.90. The van der Waals surface area contributed by atoms with Crippen LogP contribution >= 0.6 is 0 Å². The minimum Gasteiger partial charge on any atom is -0.467 e. The summed E-state index contributed by atoms with van der Waals surface area (Å²) in [4.78, 5) is 18.2. The van der Waals surface area contributed by atoms with Crippen molar-refractivity contribution in [2.45, 2.75) is 6.42 Å². The fraction of sp³-hybridized carbons (Fsp3) is 0.750. The van der Waals surface area contributed by atoms with Gasteiger partial charge in [-0.15, -0.1) is 5.10 Å². The van der Waals surface area contributed by atoms with Crippen molar-refractivity contribution in [1.82, 2.24) is 25.0 Å². The van der Waals surface area contributed by atoms with Crippen LogP contribution in [0.3, 0.4) is 0 Å². The first-order valence-electron chi connectivity index (χ1n) is 6.74. The van der Waals surface area contributed by atoms with Crippen LogP contribution < -0.4 is 10.1 Å². The van der Waals surface area contributed by atoms with Crippen LogP contribution in [0.4, 0.5) is 0 Å². The maximum Gasteiger partial charge on any atom is 0.314 e. The molecule has 1 N–H and O–H groups in total. The average Bonchev–Trinajstić information content (AvgIpc) is 2.86. The Hall–Kier alpha value is -1.67. The molecule has 2 rings (SSSR count). The number of hydrogen-bond donors (Lipinski definition) is 1. The van der Waals surface area contributed by atoms with Gasteiger partial charge in [0, 0.05) is 26.7 Å². The second-order valence-electron chi connectivity index (χ2n) is 4.61. The first-order valence-corrected chi connectivity index (χ1v) is 6.74. The second kappa shape index (κ2) is 7.20. The second-order valence-corrected chi connectivity index (χ2v) is 4.61. The summed E-state index contributed by atoms with van der Waals surface area (Å²) in [6.07, 6.45) is 0.899. The summed E-state index contributed by atoms with van der Waals surface area (Å²) in [5.41, 5.74) is 0. The number of nitrogens with one attached hydrogen (secondary N) is 1. The summed E-state index contributed by atoms with van der Waals surface area (Å²) in [6.45, 7) is 5.09. The summed E-state index contributed by atoms with van der Waals surface area (Å²) >= 11 is 0. The monoisotopic (exact) mass is 283 g/mol. The Morgan fingerprint density at radius 2 is 2.20 bits per heavy atom. The summed E-state index contributed by atoms with van der Waals surface area (Å²) < 4.78 is 11.7. The van der Waals surface area contributed by atoms with Crippen LogP contribution in [0.25, 0.3) is 0 Å². The average molecular weight is 283 g/mol. The SMILES string of the molecule is COc1nc(C(=O)NCCCN2CCOCC2)nn1C. The van der Waals surface area contributed by atoms with Crippen LogP contribution in [-0.2, 0) is 11.8 Å². The number of carbonyl (C=O) groups is 1. The Balaban J connectivity index is 1.69. The predicted octanol–water partition coefficient (Wildman–Crippen LogP) is -0.724. The Kier molecular flexibility index (Phi) is 5.31. The normalized spacial score (nSPS) is 16.1. The van der Waals surface area contributed by atoms with Crippen molar-refractivity contribution in [3.8, 4) is 6.01 Å². The van der Waals surface area contributed by atoms with Crippen molar-refractivity contribution in [3.63, 3.8) is 0 Å². The molecule has 1 aliphatic rings. The Labute approximate surface area is 118 Å². The Morgan fingerprint density at radius 1 is 1.45 bits per heavy atom. The molecule has 1 aliphatic heterocycles. The quantitative estimate of drug-likeness (QED) is 0.694. The molecule has 20 heavy (non-hydrogen) atoms. The lowest BCUT2D eigenvalue weighted by atomic mass is 10.3. The largest absolute Gasteiger partial charge is 0.467 e. The minimum atomic E-state index is -0.272. The van der Waals surface area contributed by atoms with Crippen LogP contribution in [0.5, 0.6) is 6.01 Å². The summed E-state index contributed by atoms with van der Waals surface area (Å²) in [6, 6.07) is 0.323. The van der Waals surface area contributed by atoms with E-state index in [1.165, 1.54) is 11.8 Å². The van der Waals surface area contributed by atoms with E-state index in [4.69, 9.17) is 9.47 Å². The summed E-state index contributed by atoms with van der Waals surface area (Å²) in [5, 5.41) is 6.80. The molecule has 0 saturated carbocycles. The third-order valence-electron chi connectivity index (χ3n) is 3.15. The van der Waals surface area contributed by atoms with Gasteiger partial charge < -0.3 is 14.8 Å². The molecule has 0 unspecified atom stereocenters. The lowest BCUT2D eigenvalue weighted by Crippen LogP contribution is -2.38. The van der Waals surface area contributed by atoms with Crippen LogP contribution in [0.15, 0.2) is 0 Å². The van der Waals surface area contributed by atoms with Crippen LogP contribution in [0, 0.1) is 0 Å². The molecular formula is C12H21N5O3. The van der Waals surface area contributed by atoms with E-state index in [9.17, 15) is 4.79 Å². The topological polar surface area (TPSA) is 81.5 Å². The molecule has 1 fully saturated rings. The molecule has 0 atom stereocenters. The molecule has 0 aromatic carbocycles. The van der Waals surface area contributed by atoms with Crippen molar-refractivity contribution in [3.05, 3.63) is 5.82 Å². The van der Waals surface area contributed by atoms with Crippen molar-refractivity contribution >= 4 is 5.91 Å². The highest BCUT2D eigenvalue weighted by atomic mass is 16.5. The maximum absolute atomic E-state index is 11.8. The van der Waals surface area contributed by atoms with Gasteiger partial charge in [-0.2, -0.15) is 4.98 Å². The van der Waals surface area contributed by atoms with Gasteiger partial charge in [-0.1, -0.05) is 0 Å². The maximum atomic E-state index is 11.8. The molecule has 0 spiro atoms. The van der Waals surface area contributed by atoms with Crippen LogP contribution in [0.2, 0.25) is 0 Å². The summed E-state index contributed by atoms with van der Waals surface area (Å²) in [7, 11) is 3.18. The van der Waals surface area contributed by atoms with E-state index in [2.05, 4.69) is 20.3 Å². The number of hydrogen-bond acceptors (Lipinski definition) is 6. The predicted molar refractivity (Wildman–Crippen MR) is 71.8 cm³/mol. The van der Waals surface area contributed by atoms with Gasteiger partial charge in [-0.3, -0.25) is 9.69 Å². The van der Waals surface area contributed by atoms with Gasteiger partial charge in [0.2, 0.25) is 5.82 Å². The van der Waals surface area contributed by atoms with E-state index in [0.29, 0.717) is 12.6 Å². The zero-order chi connectivity index (χ0) is 14.4. The van der Waals surface area contributed by atoms with Gasteiger partial charge in [0.15, 0.2) is 0 Å². The lowest BCUT2D eigenvalue weighted by molar-refractivity contribution is 0.0374. The van der Waals surface area contributed by atoms with Crippen LogP contribution in [-0.4, -0.2) is 72.1 Å². The summed E-state index contributed by atoms with van der Waals surface area (Å²) in [5.74, 6) is -0.137. The fourth-order valence-electron chi connectivity index (χ4n) is 2.05. The number of aromatic nitrogens is 3. The zero-order valence-electron chi connectivity index (χ0n) is 12.0. The number of methoxy groups -OCH3 is 1. The molecular weight excluding hydrogens is 262 g/mol. The van der Waals surface area contributed by atoms with Gasteiger partial charge in [0.25, 0.3) is 5.91 Å². The van der Waals surface area contributed by atoms with Crippen LogP contribution in [0.1, 0.15) is 17.0 Å². The molecule has 1 aromatic rings. The molecule has 2 heterocycles. The van der Waals surface area contributed by atoms with Crippen molar-refractivity contribution in [1.29, 1.82) is 0 Å². The molecule has 8 nitrogen and oxygen atoms in total. The van der Waals surface area contributed by atoms with Crippen molar-refractivity contribution < 1.29 is 14.3 Å². The molecule has 8 heteroatoms. The smallest absolute Gasteiger partial charge is 0.314 e. The number of aryl methyl sites for hydroxylation is 1. The first kappa shape index (κ1) is 14.7. The van der Waals surface area contributed by atoms with E-state index in [0.717, 1.165) is 39.3 Å². The molecule has 1 saturated heterocycles. The van der Waals surface area contributed by atoms with E-state index >= 15 is 0 Å². The standard InChI is InChI=1S/C12H21N5O3/c1-16-12(19-2)14-10(15-16)11(18)13-4-3-5-17-6-8-20-9-7-17/h3-9H2,1-2H3,(H,13,18). The minimum absolute atomic E-state index is 0.135. The van der Waals surface area contributed by atoms with Gasteiger partial charge in [-0.05, 0) is 13.0 Å². The molecule has 1 aromatic heterocycles. The van der Waals surface area contributed by atoms with Gasteiger partial charge >= 0.3 is 6.01 Å². The highest BCUT2D eigenvalue weighted by Gasteiger charge is 2.15. The van der Waals surface area contributed by atoms with Gasteiger partial charge in [0.1, 0.15) is 0 Å². The molecule has 0 aliphatic carbocycles. The van der Waals surface area contributed by atoms with Crippen molar-refractivity contribution in [2.24, 2.45) is 7.05 Å². The Morgan fingerprint density at radius 3 is 2.85 bits per heavy atom. The number of rotatable bonds is 6. The lowest BCUT2D eigenvalue weighted by Gasteiger charge is -2.26. The van der Waals surface area contributed by atoms with Crippen molar-refractivity contribution in [2.75, 3.05) is 46.5 Å². The fourth-order valence-corrected chi connectivity index (χ4v) is 2.05. The van der Waals surface area contributed by atoms with E-state index in [1.807, 2.05) is 0 Å². The van der Waals surface area contributed by atoms with Gasteiger partial charge in [-0.25, -0.2) is 4.68 Å². The third-order valence-corrected chi connectivity index (χ3v) is 3.15. The molecule has 1 amide bonds. The molecule has 112 valence electrons. The zero-order valence-corrected chi connectivity index (χ0v) is 12.0. The first-order chi connectivity index (χ1) is 9.70. The number of nitrogens with zero attached hydrogens (tertiary/aromatic N) is 4. The van der Waals surface area contributed by atoms with E-state index in [-0.39, 0.29) is 11.7 Å². The number of carbonyl (C=O) groups excluding carboxylic acids is 1. The highest BCUT2D eigenvalue weighted by Crippen LogP contribution is 2.04. The third kappa shape index (κ3) is 3.91. The van der Waals surface area contributed by atoms with E-state index in [1.54, 1.807) is 7.05 Å². The molecule has 0 radical (unpaired) electrons. The number of morpholine rings is 1. The van der Waals surface area contributed by atoms with Gasteiger partial charge in [0.05, 0.1) is 20.3 Å². The number of ether oxygens (including phenoxy) is 2.